The van der Waals surface area contributed by atoms with Gasteiger partial charge in [0, 0.05) is 29.1 Å². The zero-order chi connectivity index (χ0) is 28.7. The Kier molecular flexibility index (Phi) is 10.4. The van der Waals surface area contributed by atoms with Crippen LogP contribution in [0.4, 0.5) is 5.69 Å². The number of para-hydroxylation sites is 1. The third kappa shape index (κ3) is 8.46. The van der Waals surface area contributed by atoms with Crippen molar-refractivity contribution in [3.63, 3.8) is 0 Å². The number of nitrogens with one attached hydrogen (secondary N) is 1. The van der Waals surface area contributed by atoms with E-state index in [9.17, 15) is 18.0 Å². The Labute approximate surface area is 240 Å². The van der Waals surface area contributed by atoms with Gasteiger partial charge in [-0.25, -0.2) is 8.42 Å². The Morgan fingerprint density at radius 1 is 0.949 bits per heavy atom. The molecule has 7 nitrogen and oxygen atoms in total. The minimum absolute atomic E-state index is 0.0246. The van der Waals surface area contributed by atoms with Crippen molar-refractivity contribution < 1.29 is 18.0 Å². The summed E-state index contributed by atoms with van der Waals surface area (Å²) in [4.78, 5) is 29.0. The molecule has 3 rings (SSSR count). The van der Waals surface area contributed by atoms with Gasteiger partial charge in [-0.1, -0.05) is 77.8 Å². The zero-order valence-electron chi connectivity index (χ0n) is 22.4. The predicted octanol–water partition coefficient (Wildman–Crippen LogP) is 5.23. The van der Waals surface area contributed by atoms with Crippen molar-refractivity contribution >= 4 is 50.7 Å². The summed E-state index contributed by atoms with van der Waals surface area (Å²) in [5, 5.41) is 3.68. The van der Waals surface area contributed by atoms with Crippen LogP contribution in [-0.2, 0) is 32.6 Å². The van der Waals surface area contributed by atoms with E-state index >= 15 is 0 Å². The first-order chi connectivity index (χ1) is 18.4. The molecule has 0 fully saturated rings. The predicted molar refractivity (Wildman–Crippen MR) is 158 cm³/mol. The van der Waals surface area contributed by atoms with Crippen LogP contribution in [-0.4, -0.2) is 50.0 Å². The van der Waals surface area contributed by atoms with Gasteiger partial charge >= 0.3 is 0 Å². The molecule has 0 heterocycles. The lowest BCUT2D eigenvalue weighted by Gasteiger charge is -2.34. The fourth-order valence-corrected chi connectivity index (χ4v) is 5.58. The SMILES string of the molecule is Cc1ccccc1N(CC(=O)N(Cc1ccc(Cl)cc1Cl)[C@@H](Cc1ccccc1)C(=O)NC(C)C)S(C)(=O)=O. The van der Waals surface area contributed by atoms with Crippen molar-refractivity contribution in [2.45, 2.75) is 45.8 Å². The zero-order valence-corrected chi connectivity index (χ0v) is 24.7. The molecular formula is C29H33Cl2N3O4S. The Morgan fingerprint density at radius 3 is 2.18 bits per heavy atom. The molecule has 1 atom stereocenters. The molecule has 0 saturated carbocycles. The van der Waals surface area contributed by atoms with Crippen LogP contribution < -0.4 is 9.62 Å². The summed E-state index contributed by atoms with van der Waals surface area (Å²) < 4.78 is 26.8. The Bertz CT molecular complexity index is 1420. The second kappa shape index (κ2) is 13.3. The summed E-state index contributed by atoms with van der Waals surface area (Å²) in [5.74, 6) is -0.899. The number of nitrogens with zero attached hydrogens (tertiary/aromatic N) is 2. The lowest BCUT2D eigenvalue weighted by Crippen LogP contribution is -2.54. The molecule has 3 aromatic rings. The van der Waals surface area contributed by atoms with Crippen LogP contribution in [0, 0.1) is 6.92 Å². The van der Waals surface area contributed by atoms with Gasteiger partial charge in [0.1, 0.15) is 12.6 Å². The molecule has 0 saturated heterocycles. The number of rotatable bonds is 11. The van der Waals surface area contributed by atoms with E-state index in [0.717, 1.165) is 16.1 Å². The van der Waals surface area contributed by atoms with Gasteiger partial charge in [0.05, 0.1) is 11.9 Å². The highest BCUT2D eigenvalue weighted by Crippen LogP contribution is 2.26. The number of halogens is 2. The van der Waals surface area contributed by atoms with Crippen molar-refractivity contribution in [2.75, 3.05) is 17.1 Å². The first-order valence-electron chi connectivity index (χ1n) is 12.5. The maximum atomic E-state index is 14.1. The van der Waals surface area contributed by atoms with E-state index in [1.54, 1.807) is 49.4 Å². The van der Waals surface area contributed by atoms with Crippen LogP contribution >= 0.6 is 23.2 Å². The Balaban J connectivity index is 2.09. The molecule has 10 heteroatoms. The highest BCUT2D eigenvalue weighted by Gasteiger charge is 2.33. The molecule has 39 heavy (non-hydrogen) atoms. The molecule has 0 aliphatic heterocycles. The van der Waals surface area contributed by atoms with E-state index in [0.29, 0.717) is 26.9 Å². The minimum Gasteiger partial charge on any atom is -0.352 e. The summed E-state index contributed by atoms with van der Waals surface area (Å²) in [6, 6.07) is 20.1. The summed E-state index contributed by atoms with van der Waals surface area (Å²) in [6.07, 6.45) is 1.28. The smallest absolute Gasteiger partial charge is 0.244 e. The van der Waals surface area contributed by atoms with Gasteiger partial charge in [0.15, 0.2) is 0 Å². The first kappa shape index (κ1) is 30.5. The number of benzene rings is 3. The molecule has 0 radical (unpaired) electrons. The largest absolute Gasteiger partial charge is 0.352 e. The number of hydrogen-bond acceptors (Lipinski definition) is 4. The van der Waals surface area contributed by atoms with Crippen LogP contribution in [0.2, 0.25) is 10.0 Å². The maximum Gasteiger partial charge on any atom is 0.244 e. The van der Waals surface area contributed by atoms with Gasteiger partial charge in [-0.15, -0.1) is 0 Å². The summed E-state index contributed by atoms with van der Waals surface area (Å²) in [5.41, 5.74) is 2.51. The fourth-order valence-electron chi connectivity index (χ4n) is 4.21. The van der Waals surface area contributed by atoms with Crippen molar-refractivity contribution in [3.05, 3.63) is 99.5 Å². The van der Waals surface area contributed by atoms with Gasteiger partial charge in [-0.2, -0.15) is 0 Å². The quantitative estimate of drug-likeness (QED) is 0.331. The molecule has 0 aromatic heterocycles. The standard InChI is InChI=1S/C29H33Cl2N3O4S/c1-20(2)32-29(36)27(16-22-11-6-5-7-12-22)33(18-23-14-15-24(30)17-25(23)31)28(35)19-34(39(4,37)38)26-13-9-8-10-21(26)3/h5-15,17,20,27H,16,18-19H2,1-4H3,(H,32,36)/t27-/m0/s1. The molecule has 208 valence electrons. The van der Waals surface area contributed by atoms with Crippen molar-refractivity contribution in [1.29, 1.82) is 0 Å². The van der Waals surface area contributed by atoms with E-state index < -0.39 is 28.5 Å². The monoisotopic (exact) mass is 589 g/mol. The van der Waals surface area contributed by atoms with Gasteiger partial charge < -0.3 is 10.2 Å². The molecule has 3 aromatic carbocycles. The lowest BCUT2D eigenvalue weighted by atomic mass is 10.0. The van der Waals surface area contributed by atoms with Gasteiger partial charge in [0.2, 0.25) is 21.8 Å². The molecule has 0 unspecified atom stereocenters. The fraction of sp³-hybridized carbons (Fsp3) is 0.310. The van der Waals surface area contributed by atoms with E-state index in [-0.39, 0.29) is 24.9 Å². The van der Waals surface area contributed by atoms with Crippen molar-refractivity contribution in [1.82, 2.24) is 10.2 Å². The number of carbonyl (C=O) groups excluding carboxylic acids is 2. The van der Waals surface area contributed by atoms with E-state index in [1.807, 2.05) is 44.2 Å². The van der Waals surface area contributed by atoms with Crippen LogP contribution in [0.15, 0.2) is 72.8 Å². The van der Waals surface area contributed by atoms with Gasteiger partial charge in [0.25, 0.3) is 0 Å². The Morgan fingerprint density at radius 2 is 1.59 bits per heavy atom. The molecule has 1 N–H and O–H groups in total. The highest BCUT2D eigenvalue weighted by molar-refractivity contribution is 7.92. The minimum atomic E-state index is -3.84. The lowest BCUT2D eigenvalue weighted by molar-refractivity contribution is -0.140. The topological polar surface area (TPSA) is 86.8 Å². The molecule has 2 amide bonds. The maximum absolute atomic E-state index is 14.1. The van der Waals surface area contributed by atoms with Gasteiger partial charge in [-0.3, -0.25) is 13.9 Å². The number of anilines is 1. The van der Waals surface area contributed by atoms with E-state index in [4.69, 9.17) is 23.2 Å². The number of amides is 2. The van der Waals surface area contributed by atoms with Crippen molar-refractivity contribution in [2.24, 2.45) is 0 Å². The second-order valence-corrected chi connectivity index (χ2v) is 12.4. The normalized spacial score (nSPS) is 12.2. The van der Waals surface area contributed by atoms with Crippen LogP contribution in [0.3, 0.4) is 0 Å². The number of carbonyl (C=O) groups is 2. The summed E-state index contributed by atoms with van der Waals surface area (Å²) >= 11 is 12.6. The molecule has 0 spiro atoms. The number of hydrogen-bond donors (Lipinski definition) is 1. The third-order valence-electron chi connectivity index (χ3n) is 6.12. The molecule has 0 aliphatic carbocycles. The summed E-state index contributed by atoms with van der Waals surface area (Å²) in [7, 11) is -3.84. The third-order valence-corrected chi connectivity index (χ3v) is 7.83. The molecule has 0 bridgehead atoms. The average Bonchev–Trinajstić information content (AvgIpc) is 2.85. The average molecular weight is 591 g/mol. The molecular weight excluding hydrogens is 557 g/mol. The first-order valence-corrected chi connectivity index (χ1v) is 15.1. The van der Waals surface area contributed by atoms with E-state index in [2.05, 4.69) is 5.32 Å². The van der Waals surface area contributed by atoms with Gasteiger partial charge in [-0.05, 0) is 55.7 Å². The van der Waals surface area contributed by atoms with E-state index in [1.165, 1.54) is 4.90 Å². The Hall–Kier alpha value is -3.07. The highest BCUT2D eigenvalue weighted by atomic mass is 35.5. The molecule has 0 aliphatic rings. The second-order valence-electron chi connectivity index (χ2n) is 9.68. The van der Waals surface area contributed by atoms with Crippen LogP contribution in [0.25, 0.3) is 0 Å². The van der Waals surface area contributed by atoms with Crippen LogP contribution in [0.5, 0.6) is 0 Å². The van der Waals surface area contributed by atoms with Crippen LogP contribution in [0.1, 0.15) is 30.5 Å². The number of aryl methyl sites for hydroxylation is 1. The van der Waals surface area contributed by atoms with Crippen molar-refractivity contribution in [3.8, 4) is 0 Å². The number of sulfonamides is 1. The summed E-state index contributed by atoms with van der Waals surface area (Å²) in [6.45, 7) is 4.93.